The second kappa shape index (κ2) is 5.60. The van der Waals surface area contributed by atoms with Gasteiger partial charge in [-0.15, -0.1) is 0 Å². The molecule has 0 saturated heterocycles. The molecule has 2 aromatic rings. The molecule has 21 heavy (non-hydrogen) atoms. The van der Waals surface area contributed by atoms with Crippen molar-refractivity contribution >= 4 is 11.5 Å². The molecule has 0 saturated carbocycles. The first-order valence-corrected chi connectivity index (χ1v) is 6.33. The first kappa shape index (κ1) is 15.1. The zero-order chi connectivity index (χ0) is 15.6. The molecule has 2 rings (SSSR count). The molecule has 2 aromatic carbocycles. The minimum atomic E-state index is -4.41. The average Bonchev–Trinajstić information content (AvgIpc) is 2.41. The number of nitrogens with two attached hydrogens (primary N) is 1. The molecular weight excluding hydrogens is 279 g/mol. The summed E-state index contributed by atoms with van der Waals surface area (Å²) in [6.07, 6.45) is -4.50. The van der Waals surface area contributed by atoms with Crippen LogP contribution in [0.15, 0.2) is 42.5 Å². The molecule has 0 aliphatic carbocycles. The predicted octanol–water partition coefficient (Wildman–Crippen LogP) is 4.02. The highest BCUT2D eigenvalue weighted by atomic mass is 19.4. The number of halogens is 3. The third kappa shape index (κ3) is 3.42. The molecule has 2 N–H and O–H groups in total. The number of anilines is 1. The van der Waals surface area contributed by atoms with E-state index >= 15 is 0 Å². The van der Waals surface area contributed by atoms with Gasteiger partial charge in [-0.05, 0) is 30.2 Å². The molecule has 0 radical (unpaired) electrons. The predicted molar refractivity (Wildman–Crippen MR) is 75.1 cm³/mol. The van der Waals surface area contributed by atoms with Gasteiger partial charge in [0.05, 0.1) is 5.56 Å². The lowest BCUT2D eigenvalue weighted by Gasteiger charge is -2.10. The summed E-state index contributed by atoms with van der Waals surface area (Å²) < 4.78 is 37.9. The number of hydrogen-bond donors (Lipinski definition) is 1. The number of hydrogen-bond acceptors (Lipinski definition) is 2. The number of nitrogen functional groups attached to an aromatic ring is 1. The van der Waals surface area contributed by atoms with Crippen molar-refractivity contribution in [2.75, 3.05) is 5.73 Å². The van der Waals surface area contributed by atoms with Crippen molar-refractivity contribution in [1.29, 1.82) is 0 Å². The molecule has 0 atom stereocenters. The molecule has 0 aromatic heterocycles. The standard InChI is InChI=1S/C16H14F3NO/c1-10-13(6-3-7-14(10)20)15(21)9-11-4-2-5-12(8-11)16(17,18)19/h2-8H,9,20H2,1H3. The molecule has 2 nitrogen and oxygen atoms in total. The number of Topliss-reactive ketones (excluding diaryl/α,β-unsaturated/α-hetero) is 1. The van der Waals surface area contributed by atoms with Crippen molar-refractivity contribution in [2.24, 2.45) is 0 Å². The Morgan fingerprint density at radius 1 is 1.14 bits per heavy atom. The summed E-state index contributed by atoms with van der Waals surface area (Å²) in [5.41, 5.74) is 6.89. The van der Waals surface area contributed by atoms with Gasteiger partial charge in [-0.25, -0.2) is 0 Å². The zero-order valence-corrected chi connectivity index (χ0v) is 11.4. The van der Waals surface area contributed by atoms with Crippen LogP contribution in [0.5, 0.6) is 0 Å². The second-order valence-electron chi connectivity index (χ2n) is 4.82. The molecule has 5 heteroatoms. The molecule has 0 spiro atoms. The van der Waals surface area contributed by atoms with Gasteiger partial charge in [-0.3, -0.25) is 4.79 Å². The Morgan fingerprint density at radius 3 is 2.48 bits per heavy atom. The Bertz CT molecular complexity index is 677. The normalized spacial score (nSPS) is 11.4. The lowest BCUT2D eigenvalue weighted by atomic mass is 9.97. The van der Waals surface area contributed by atoms with Crippen LogP contribution in [0.4, 0.5) is 18.9 Å². The Kier molecular flexibility index (Phi) is 4.02. The van der Waals surface area contributed by atoms with Gasteiger partial charge in [0.1, 0.15) is 0 Å². The molecule has 0 bridgehead atoms. The molecular formula is C16H14F3NO. The second-order valence-corrected chi connectivity index (χ2v) is 4.82. The van der Waals surface area contributed by atoms with Gasteiger partial charge in [0.2, 0.25) is 0 Å². The monoisotopic (exact) mass is 293 g/mol. The van der Waals surface area contributed by atoms with E-state index in [1.807, 2.05) is 0 Å². The molecule has 0 aliphatic heterocycles. The third-order valence-electron chi connectivity index (χ3n) is 3.30. The summed E-state index contributed by atoms with van der Waals surface area (Å²) >= 11 is 0. The fourth-order valence-electron chi connectivity index (χ4n) is 2.09. The van der Waals surface area contributed by atoms with Crippen molar-refractivity contribution in [1.82, 2.24) is 0 Å². The van der Waals surface area contributed by atoms with Crippen molar-refractivity contribution in [3.05, 3.63) is 64.7 Å². The van der Waals surface area contributed by atoms with Crippen LogP contribution in [0, 0.1) is 6.92 Å². The van der Waals surface area contributed by atoms with Gasteiger partial charge in [0.25, 0.3) is 0 Å². The van der Waals surface area contributed by atoms with E-state index in [9.17, 15) is 18.0 Å². The summed E-state index contributed by atoms with van der Waals surface area (Å²) in [7, 11) is 0. The van der Waals surface area contributed by atoms with E-state index in [-0.39, 0.29) is 12.2 Å². The minimum absolute atomic E-state index is 0.0891. The summed E-state index contributed by atoms with van der Waals surface area (Å²) in [6, 6.07) is 9.76. The van der Waals surface area contributed by atoms with Gasteiger partial charge in [-0.1, -0.05) is 30.3 Å². The average molecular weight is 293 g/mol. The lowest BCUT2D eigenvalue weighted by molar-refractivity contribution is -0.137. The van der Waals surface area contributed by atoms with Gasteiger partial charge in [-0.2, -0.15) is 13.2 Å². The number of carbonyl (C=O) groups excluding carboxylic acids is 1. The summed E-state index contributed by atoms with van der Waals surface area (Å²) in [5.74, 6) is -0.251. The van der Waals surface area contributed by atoms with Crippen LogP contribution < -0.4 is 5.73 Å². The molecule has 110 valence electrons. The van der Waals surface area contributed by atoms with Crippen molar-refractivity contribution in [3.8, 4) is 0 Å². The maximum atomic E-state index is 12.6. The number of benzene rings is 2. The van der Waals surface area contributed by atoms with Crippen LogP contribution in [0.1, 0.15) is 27.0 Å². The van der Waals surface area contributed by atoms with Gasteiger partial charge in [0.15, 0.2) is 5.78 Å². The summed E-state index contributed by atoms with van der Waals surface area (Å²) in [4.78, 5) is 12.2. The van der Waals surface area contributed by atoms with Crippen molar-refractivity contribution in [2.45, 2.75) is 19.5 Å². The SMILES string of the molecule is Cc1c(N)cccc1C(=O)Cc1cccc(C(F)(F)F)c1. The van der Waals surface area contributed by atoms with E-state index in [1.165, 1.54) is 12.1 Å². The van der Waals surface area contributed by atoms with E-state index < -0.39 is 11.7 Å². The lowest BCUT2D eigenvalue weighted by Crippen LogP contribution is -2.09. The maximum Gasteiger partial charge on any atom is 0.416 e. The quantitative estimate of drug-likeness (QED) is 0.686. The Morgan fingerprint density at radius 2 is 1.81 bits per heavy atom. The van der Waals surface area contributed by atoms with E-state index in [2.05, 4.69) is 0 Å². The van der Waals surface area contributed by atoms with Crippen LogP contribution in [0.2, 0.25) is 0 Å². The smallest absolute Gasteiger partial charge is 0.398 e. The van der Waals surface area contributed by atoms with Crippen LogP contribution in [0.25, 0.3) is 0 Å². The van der Waals surface area contributed by atoms with Crippen molar-refractivity contribution < 1.29 is 18.0 Å². The highest BCUT2D eigenvalue weighted by Crippen LogP contribution is 2.30. The Balaban J connectivity index is 2.26. The van der Waals surface area contributed by atoms with Crippen LogP contribution in [0.3, 0.4) is 0 Å². The van der Waals surface area contributed by atoms with E-state index in [4.69, 9.17) is 5.73 Å². The largest absolute Gasteiger partial charge is 0.416 e. The molecule has 0 unspecified atom stereocenters. The van der Waals surface area contributed by atoms with E-state index in [0.29, 0.717) is 22.4 Å². The van der Waals surface area contributed by atoms with E-state index in [1.54, 1.807) is 25.1 Å². The van der Waals surface area contributed by atoms with Crippen molar-refractivity contribution in [3.63, 3.8) is 0 Å². The van der Waals surface area contributed by atoms with Crippen LogP contribution in [-0.2, 0) is 12.6 Å². The Hall–Kier alpha value is -2.30. The van der Waals surface area contributed by atoms with Crippen LogP contribution >= 0.6 is 0 Å². The molecule has 0 fully saturated rings. The highest BCUT2D eigenvalue weighted by molar-refractivity contribution is 5.99. The van der Waals surface area contributed by atoms with Gasteiger partial charge < -0.3 is 5.73 Å². The molecule has 0 aliphatic rings. The summed E-state index contributed by atoms with van der Waals surface area (Å²) in [5, 5.41) is 0. The zero-order valence-electron chi connectivity index (χ0n) is 11.4. The fourth-order valence-corrected chi connectivity index (χ4v) is 2.09. The summed E-state index contributed by atoms with van der Waals surface area (Å²) in [6.45, 7) is 1.72. The molecule has 0 heterocycles. The van der Waals surface area contributed by atoms with Crippen LogP contribution in [-0.4, -0.2) is 5.78 Å². The number of ketones is 1. The maximum absolute atomic E-state index is 12.6. The first-order valence-electron chi connectivity index (χ1n) is 6.33. The topological polar surface area (TPSA) is 43.1 Å². The first-order chi connectivity index (χ1) is 9.79. The highest BCUT2D eigenvalue weighted by Gasteiger charge is 2.30. The number of carbonyl (C=O) groups is 1. The number of rotatable bonds is 3. The molecule has 0 amide bonds. The third-order valence-corrected chi connectivity index (χ3v) is 3.30. The number of alkyl halides is 3. The van der Waals surface area contributed by atoms with E-state index in [0.717, 1.165) is 12.1 Å². The Labute approximate surface area is 120 Å². The van der Waals surface area contributed by atoms with Gasteiger partial charge >= 0.3 is 6.18 Å². The fraction of sp³-hybridized carbons (Fsp3) is 0.188. The van der Waals surface area contributed by atoms with Gasteiger partial charge in [0, 0.05) is 17.7 Å². The minimum Gasteiger partial charge on any atom is -0.398 e.